The van der Waals surface area contributed by atoms with Crippen molar-refractivity contribution in [3.8, 4) is 0 Å². The Hall–Kier alpha value is -4.02. The molecule has 1 aromatic carbocycles. The largest absolute Gasteiger partial charge is 0.465 e. The molecule has 0 radical (unpaired) electrons. The van der Waals surface area contributed by atoms with Crippen LogP contribution in [0.15, 0.2) is 28.4 Å². The summed E-state index contributed by atoms with van der Waals surface area (Å²) >= 11 is 0. The number of carbonyl (C=O) groups is 3. The van der Waals surface area contributed by atoms with E-state index in [4.69, 9.17) is 15.3 Å². The van der Waals surface area contributed by atoms with Gasteiger partial charge in [-0.25, -0.2) is 19.2 Å². The van der Waals surface area contributed by atoms with Gasteiger partial charge in [0.2, 0.25) is 0 Å². The summed E-state index contributed by atoms with van der Waals surface area (Å²) in [5, 5.41) is 10.1. The van der Waals surface area contributed by atoms with Crippen molar-refractivity contribution < 1.29 is 23.9 Å². The van der Waals surface area contributed by atoms with Crippen molar-refractivity contribution in [1.82, 2.24) is 15.0 Å². The van der Waals surface area contributed by atoms with Crippen molar-refractivity contribution >= 4 is 24.6 Å². The first kappa shape index (κ1) is 24.6. The zero-order valence-corrected chi connectivity index (χ0v) is 19.8. The van der Waals surface area contributed by atoms with Crippen LogP contribution in [0.2, 0.25) is 0 Å². The van der Waals surface area contributed by atoms with E-state index in [1.807, 2.05) is 13.0 Å². The minimum atomic E-state index is -0.766. The van der Waals surface area contributed by atoms with E-state index in [0.717, 1.165) is 21.4 Å². The number of hydrogen-bond donors (Lipinski definition) is 2. The maximum atomic E-state index is 13.2. The lowest BCUT2D eigenvalue weighted by molar-refractivity contribution is 0.00617. The van der Waals surface area contributed by atoms with Gasteiger partial charge in [0.25, 0.3) is 11.5 Å². The lowest BCUT2D eigenvalue weighted by Gasteiger charge is -2.20. The second-order valence-corrected chi connectivity index (χ2v) is 8.80. The summed E-state index contributed by atoms with van der Waals surface area (Å²) in [7, 11) is 1.34. The molecular formula is C23H28N6O5. The predicted molar refractivity (Wildman–Crippen MR) is 124 cm³/mol. The first-order valence-electron chi connectivity index (χ1n) is 10.6. The maximum absolute atomic E-state index is 13.2. The molecule has 11 nitrogen and oxygen atoms in total. The average Bonchev–Trinajstić information content (AvgIpc) is 3.17. The van der Waals surface area contributed by atoms with E-state index in [1.54, 1.807) is 26.8 Å². The Balaban J connectivity index is 1.95. The van der Waals surface area contributed by atoms with Crippen molar-refractivity contribution in [1.29, 1.82) is 0 Å². The van der Waals surface area contributed by atoms with E-state index in [-0.39, 0.29) is 23.0 Å². The highest BCUT2D eigenvalue weighted by Crippen LogP contribution is 2.35. The molecule has 0 saturated heterocycles. The van der Waals surface area contributed by atoms with Crippen LogP contribution in [-0.2, 0) is 15.9 Å². The van der Waals surface area contributed by atoms with Crippen LogP contribution in [0.3, 0.4) is 0 Å². The molecule has 2 aromatic rings. The summed E-state index contributed by atoms with van der Waals surface area (Å²) in [4.78, 5) is 41.8. The Labute approximate surface area is 196 Å². The van der Waals surface area contributed by atoms with E-state index < -0.39 is 23.4 Å². The minimum Gasteiger partial charge on any atom is -0.465 e. The molecule has 11 heteroatoms. The molecule has 34 heavy (non-hydrogen) atoms. The number of aromatic nitrogens is 2. The van der Waals surface area contributed by atoms with Crippen LogP contribution in [0.4, 0.5) is 0 Å². The van der Waals surface area contributed by atoms with Crippen LogP contribution in [0.25, 0.3) is 0 Å². The van der Waals surface area contributed by atoms with Gasteiger partial charge in [0, 0.05) is 12.8 Å². The van der Waals surface area contributed by atoms with E-state index >= 15 is 0 Å². The Morgan fingerprint density at radius 2 is 1.97 bits per heavy atom. The fourth-order valence-electron chi connectivity index (χ4n) is 3.84. The molecule has 3 rings (SSSR count). The van der Waals surface area contributed by atoms with Crippen molar-refractivity contribution in [2.75, 3.05) is 13.0 Å². The quantitative estimate of drug-likeness (QED) is 0.293. The van der Waals surface area contributed by atoms with Gasteiger partial charge in [0.15, 0.2) is 5.69 Å². The number of carbonyl (C=O) groups excluding carboxylic acids is 3. The summed E-state index contributed by atoms with van der Waals surface area (Å²) in [5.74, 6) is 4.35. The third-order valence-electron chi connectivity index (χ3n) is 5.37. The highest BCUT2D eigenvalue weighted by Gasteiger charge is 2.29. The number of nitrogen functional groups attached to an aromatic ring is 1. The van der Waals surface area contributed by atoms with Crippen molar-refractivity contribution in [3.05, 3.63) is 57.5 Å². The smallest absolute Gasteiger partial charge is 0.357 e. The number of hydrogen-bond acceptors (Lipinski definition) is 9. The standard InChI is InChI=1S/C23H28N6O5/c1-12-13-9-10-16(15(13)8-7-14(12)20(31)33-6)26-19(30)18-11-17(21(32)34-23(2,3)4)27-22(28-25-5)29(18)24/h7-8,11,16H,5,9-10,24H2,1-4,6H3,(H,26,30)/b28-22-/t16-/m0/s1. The number of amides is 1. The van der Waals surface area contributed by atoms with Gasteiger partial charge < -0.3 is 20.6 Å². The molecule has 0 aliphatic heterocycles. The molecular weight excluding hydrogens is 440 g/mol. The molecule has 1 aliphatic carbocycles. The Bertz CT molecular complexity index is 1240. The number of benzene rings is 1. The zero-order valence-electron chi connectivity index (χ0n) is 19.8. The van der Waals surface area contributed by atoms with Crippen LogP contribution < -0.4 is 16.8 Å². The number of rotatable bonds is 5. The second kappa shape index (κ2) is 9.46. The SMILES string of the molecule is C=N/N=c1/nc(C(=O)OC(C)(C)C)cc(C(=O)N[C@H]2CCc3c2ccc(C(=O)OC)c3C)n1N. The van der Waals surface area contributed by atoms with Gasteiger partial charge in [-0.3, -0.25) is 4.79 Å². The molecule has 0 bridgehead atoms. The number of ether oxygens (including phenoxy) is 2. The topological polar surface area (TPSA) is 150 Å². The number of nitrogens with two attached hydrogens (primary N) is 1. The summed E-state index contributed by atoms with van der Waals surface area (Å²) in [6, 6.07) is 4.42. The molecule has 0 spiro atoms. The van der Waals surface area contributed by atoms with Gasteiger partial charge in [0.05, 0.1) is 18.7 Å². The molecule has 1 heterocycles. The third kappa shape index (κ3) is 4.98. The first-order chi connectivity index (χ1) is 16.0. The average molecular weight is 469 g/mol. The fourth-order valence-corrected chi connectivity index (χ4v) is 3.84. The highest BCUT2D eigenvalue weighted by atomic mass is 16.6. The monoisotopic (exact) mass is 468 g/mol. The van der Waals surface area contributed by atoms with Crippen LogP contribution in [0.5, 0.6) is 0 Å². The Kier molecular flexibility index (Phi) is 6.85. The van der Waals surface area contributed by atoms with Crippen LogP contribution in [-0.4, -0.2) is 46.9 Å². The van der Waals surface area contributed by atoms with Gasteiger partial charge in [-0.1, -0.05) is 6.07 Å². The maximum Gasteiger partial charge on any atom is 0.357 e. The van der Waals surface area contributed by atoms with Gasteiger partial charge in [-0.15, -0.1) is 5.10 Å². The summed E-state index contributed by atoms with van der Waals surface area (Å²) in [5.41, 5.74) is 2.05. The van der Waals surface area contributed by atoms with Crippen LogP contribution in [0.1, 0.15) is 81.3 Å². The molecule has 180 valence electrons. The van der Waals surface area contributed by atoms with Gasteiger partial charge >= 0.3 is 11.9 Å². The molecule has 0 saturated carbocycles. The Morgan fingerprint density at radius 1 is 1.26 bits per heavy atom. The summed E-state index contributed by atoms with van der Waals surface area (Å²) in [6.45, 7) is 10.3. The molecule has 0 fully saturated rings. The lowest BCUT2D eigenvalue weighted by Crippen LogP contribution is -2.40. The zero-order chi connectivity index (χ0) is 25.2. The van der Waals surface area contributed by atoms with Crippen LogP contribution >= 0.6 is 0 Å². The first-order valence-corrected chi connectivity index (χ1v) is 10.6. The van der Waals surface area contributed by atoms with E-state index in [2.05, 4.69) is 27.2 Å². The minimum absolute atomic E-state index is 0.0605. The molecule has 0 unspecified atom stereocenters. The molecule has 3 N–H and O–H groups in total. The fraction of sp³-hybridized carbons (Fsp3) is 0.391. The van der Waals surface area contributed by atoms with Gasteiger partial charge in [0.1, 0.15) is 11.3 Å². The van der Waals surface area contributed by atoms with Crippen LogP contribution in [0, 0.1) is 6.92 Å². The normalized spacial score (nSPS) is 15.4. The molecule has 1 amide bonds. The molecule has 1 aromatic heterocycles. The lowest BCUT2D eigenvalue weighted by atomic mass is 9.98. The van der Waals surface area contributed by atoms with Crippen molar-refractivity contribution in [2.24, 2.45) is 10.2 Å². The van der Waals surface area contributed by atoms with Gasteiger partial charge in [-0.05, 0) is 63.3 Å². The summed E-state index contributed by atoms with van der Waals surface area (Å²) < 4.78 is 11.1. The molecule has 1 atom stereocenters. The third-order valence-corrected chi connectivity index (χ3v) is 5.37. The number of fused-ring (bicyclic) bond motifs is 1. The Morgan fingerprint density at radius 3 is 2.59 bits per heavy atom. The van der Waals surface area contributed by atoms with Crippen molar-refractivity contribution in [3.63, 3.8) is 0 Å². The second-order valence-electron chi connectivity index (χ2n) is 8.80. The predicted octanol–water partition coefficient (Wildman–Crippen LogP) is 1.58. The number of nitrogens with zero attached hydrogens (tertiary/aromatic N) is 4. The number of methoxy groups -OCH3 is 1. The highest BCUT2D eigenvalue weighted by molar-refractivity contribution is 5.96. The number of esters is 2. The van der Waals surface area contributed by atoms with Crippen molar-refractivity contribution in [2.45, 2.75) is 52.2 Å². The number of nitrogens with one attached hydrogen (secondary N) is 1. The summed E-state index contributed by atoms with van der Waals surface area (Å²) in [6.07, 6.45) is 1.31. The molecule has 1 aliphatic rings. The van der Waals surface area contributed by atoms with E-state index in [9.17, 15) is 14.4 Å². The van der Waals surface area contributed by atoms with Gasteiger partial charge in [-0.2, -0.15) is 5.10 Å². The van der Waals surface area contributed by atoms with E-state index in [1.165, 1.54) is 13.2 Å². The van der Waals surface area contributed by atoms with E-state index in [0.29, 0.717) is 18.4 Å².